The maximum Gasteiger partial charge on any atom is 0.383 e. The first-order valence-electron chi connectivity index (χ1n) is 6.75. The van der Waals surface area contributed by atoms with Crippen molar-refractivity contribution in [1.29, 1.82) is 0 Å². The van der Waals surface area contributed by atoms with Crippen LogP contribution in [0.4, 0.5) is 0 Å². The summed E-state index contributed by atoms with van der Waals surface area (Å²) >= 11 is 3.44. The molecule has 1 saturated heterocycles. The van der Waals surface area contributed by atoms with Gasteiger partial charge in [-0.05, 0) is 25.0 Å². The van der Waals surface area contributed by atoms with Gasteiger partial charge in [0.2, 0.25) is 0 Å². The van der Waals surface area contributed by atoms with Crippen molar-refractivity contribution in [2.45, 2.75) is 25.2 Å². The summed E-state index contributed by atoms with van der Waals surface area (Å²) in [5.74, 6) is 0. The molecule has 0 aliphatic carbocycles. The summed E-state index contributed by atoms with van der Waals surface area (Å²) in [5, 5.41) is 0.531. The van der Waals surface area contributed by atoms with Crippen molar-refractivity contribution in [3.8, 4) is 0 Å². The lowest BCUT2D eigenvalue weighted by atomic mass is 10.2. The molecule has 1 fully saturated rings. The molecule has 1 aliphatic rings. The highest BCUT2D eigenvalue weighted by molar-refractivity contribution is 8.44. The van der Waals surface area contributed by atoms with Crippen LogP contribution in [0.25, 0.3) is 10.9 Å². The average Bonchev–Trinajstić information content (AvgIpc) is 2.94. The molecule has 0 amide bonds. The van der Waals surface area contributed by atoms with Gasteiger partial charge in [0.05, 0.1) is 23.6 Å². The molecule has 9 heteroatoms. The third-order valence-corrected chi connectivity index (χ3v) is 4.35. The third-order valence-electron chi connectivity index (χ3n) is 3.51. The highest BCUT2D eigenvalue weighted by atomic mass is 32.7. The average molecular weight is 342 g/mol. The summed E-state index contributed by atoms with van der Waals surface area (Å²) in [5.41, 5.74) is 0.470. The number of ether oxygens (including phenoxy) is 1. The van der Waals surface area contributed by atoms with Crippen LogP contribution >= 0.6 is 19.0 Å². The highest BCUT2D eigenvalue weighted by Gasteiger charge is 2.29. The van der Waals surface area contributed by atoms with Crippen LogP contribution in [0.3, 0.4) is 0 Å². The third kappa shape index (κ3) is 3.42. The number of hydrogen-bond acceptors (Lipinski definition) is 5. The molecule has 118 valence electrons. The quantitative estimate of drug-likeness (QED) is 0.653. The Morgan fingerprint density at radius 3 is 3.00 bits per heavy atom. The van der Waals surface area contributed by atoms with Crippen molar-refractivity contribution >= 4 is 29.9 Å². The lowest BCUT2D eigenvalue weighted by Crippen LogP contribution is -2.26. The molecule has 0 spiro atoms. The van der Waals surface area contributed by atoms with Crippen LogP contribution < -0.4 is 5.56 Å². The van der Waals surface area contributed by atoms with Crippen molar-refractivity contribution in [1.82, 2.24) is 9.55 Å². The zero-order valence-corrected chi connectivity index (χ0v) is 13.3. The van der Waals surface area contributed by atoms with Crippen LogP contribution in [-0.4, -0.2) is 27.2 Å². The van der Waals surface area contributed by atoms with Gasteiger partial charge in [0.1, 0.15) is 12.6 Å². The van der Waals surface area contributed by atoms with Crippen LogP contribution in [0.2, 0.25) is 0 Å². The predicted octanol–water partition coefficient (Wildman–Crippen LogP) is 2.12. The first-order valence-corrected chi connectivity index (χ1v) is 9.48. The fraction of sp³-hybridized carbons (Fsp3) is 0.385. The number of benzene rings is 1. The number of hydrogen-bond donors (Lipinski definition) is 2. The van der Waals surface area contributed by atoms with Gasteiger partial charge in [0, 0.05) is 0 Å². The number of rotatable bonds is 4. The van der Waals surface area contributed by atoms with E-state index in [1.807, 2.05) is 6.07 Å². The Balaban J connectivity index is 1.77. The fourth-order valence-electron chi connectivity index (χ4n) is 2.48. The standard InChI is InChI=1S/C13H15N2O5PS/c16-13-10-3-1-2-4-11(10)14-8-15(13)12-6-5-9(20-12)7-19-21(17,18)22/h1-4,8-9,12H,5-7H2,(H2,17,18,22)/t9-,12+/m0/s1. The van der Waals surface area contributed by atoms with E-state index in [0.29, 0.717) is 23.7 Å². The minimum atomic E-state index is -3.82. The minimum absolute atomic E-state index is 0.0382. The zero-order chi connectivity index (χ0) is 15.7. The number of thiol groups is 1. The lowest BCUT2D eigenvalue weighted by molar-refractivity contribution is -0.0202. The van der Waals surface area contributed by atoms with Crippen LogP contribution in [0, 0.1) is 0 Å². The number of aromatic nitrogens is 2. The maximum atomic E-state index is 12.5. The summed E-state index contributed by atoms with van der Waals surface area (Å²) in [7, 11) is 0. The summed E-state index contributed by atoms with van der Waals surface area (Å²) in [6.07, 6.45) is 1.90. The van der Waals surface area contributed by atoms with Gasteiger partial charge in [0.15, 0.2) is 0 Å². The van der Waals surface area contributed by atoms with Crippen LogP contribution in [-0.2, 0) is 13.8 Å². The normalized spacial score (nSPS) is 24.5. The topological polar surface area (TPSA) is 90.7 Å². The molecule has 1 aromatic carbocycles. The molecule has 0 saturated carbocycles. The van der Waals surface area contributed by atoms with E-state index in [9.17, 15) is 9.36 Å². The number of fused-ring (bicyclic) bond motifs is 1. The molecule has 3 rings (SSSR count). The van der Waals surface area contributed by atoms with Gasteiger partial charge >= 0.3 is 6.80 Å². The second kappa shape index (κ2) is 6.14. The van der Waals surface area contributed by atoms with Crippen molar-refractivity contribution in [3.05, 3.63) is 40.9 Å². The number of nitrogens with zero attached hydrogens (tertiary/aromatic N) is 2. The monoisotopic (exact) mass is 342 g/mol. The minimum Gasteiger partial charge on any atom is -0.352 e. The van der Waals surface area contributed by atoms with E-state index < -0.39 is 13.0 Å². The lowest BCUT2D eigenvalue weighted by Gasteiger charge is -2.16. The Morgan fingerprint density at radius 2 is 2.23 bits per heavy atom. The number of para-hydroxylation sites is 1. The SMILES string of the molecule is O=c1c2ccccc2ncn1[C@H]1CC[C@@H](COP(=O)(O)S)O1. The van der Waals surface area contributed by atoms with Crippen molar-refractivity contribution in [2.75, 3.05) is 6.61 Å². The zero-order valence-electron chi connectivity index (χ0n) is 11.5. The van der Waals surface area contributed by atoms with E-state index >= 15 is 0 Å². The molecule has 2 heterocycles. The molecule has 1 N–H and O–H groups in total. The second-order valence-electron chi connectivity index (χ2n) is 5.05. The van der Waals surface area contributed by atoms with E-state index in [1.165, 1.54) is 10.9 Å². The molecule has 7 nitrogen and oxygen atoms in total. The van der Waals surface area contributed by atoms with E-state index in [1.54, 1.807) is 18.2 Å². The van der Waals surface area contributed by atoms with E-state index in [-0.39, 0.29) is 18.3 Å². The highest BCUT2D eigenvalue weighted by Crippen LogP contribution is 2.47. The maximum absolute atomic E-state index is 12.5. The molecule has 0 radical (unpaired) electrons. The van der Waals surface area contributed by atoms with Gasteiger partial charge in [-0.15, -0.1) is 0 Å². The van der Waals surface area contributed by atoms with Gasteiger partial charge in [-0.25, -0.2) is 9.55 Å². The molecule has 1 unspecified atom stereocenters. The molecule has 3 atom stereocenters. The largest absolute Gasteiger partial charge is 0.383 e. The molecule has 1 aromatic heterocycles. The van der Waals surface area contributed by atoms with Crippen LogP contribution in [0.5, 0.6) is 0 Å². The Bertz CT molecular complexity index is 789. The fourth-order valence-corrected chi connectivity index (χ4v) is 3.04. The summed E-state index contributed by atoms with van der Waals surface area (Å²) in [6, 6.07) is 7.11. The smallest absolute Gasteiger partial charge is 0.352 e. The molecule has 22 heavy (non-hydrogen) atoms. The molecular weight excluding hydrogens is 327 g/mol. The Labute approximate surface area is 131 Å². The summed E-state index contributed by atoms with van der Waals surface area (Å²) in [4.78, 5) is 25.7. The van der Waals surface area contributed by atoms with E-state index in [4.69, 9.17) is 14.2 Å². The molecular formula is C13H15N2O5PS. The van der Waals surface area contributed by atoms with Crippen LogP contribution in [0.1, 0.15) is 19.1 Å². The second-order valence-corrected chi connectivity index (χ2v) is 7.81. The van der Waals surface area contributed by atoms with Crippen LogP contribution in [0.15, 0.2) is 35.4 Å². The van der Waals surface area contributed by atoms with Gasteiger partial charge in [0.25, 0.3) is 5.56 Å². The molecule has 0 bridgehead atoms. The Kier molecular flexibility index (Phi) is 4.38. The van der Waals surface area contributed by atoms with Gasteiger partial charge in [-0.3, -0.25) is 13.9 Å². The van der Waals surface area contributed by atoms with E-state index in [0.717, 1.165) is 0 Å². The molecule has 1 aliphatic heterocycles. The van der Waals surface area contributed by atoms with Crippen molar-refractivity contribution in [2.24, 2.45) is 0 Å². The van der Waals surface area contributed by atoms with Gasteiger partial charge in [-0.1, -0.05) is 24.4 Å². The Hall–Kier alpha value is -1.18. The van der Waals surface area contributed by atoms with Crippen molar-refractivity contribution < 1.29 is 18.7 Å². The summed E-state index contributed by atoms with van der Waals surface area (Å²) in [6.45, 7) is -3.86. The first kappa shape index (κ1) is 15.7. The van der Waals surface area contributed by atoms with Gasteiger partial charge in [-0.2, -0.15) is 0 Å². The van der Waals surface area contributed by atoms with E-state index in [2.05, 4.69) is 17.2 Å². The first-order chi connectivity index (χ1) is 10.4. The van der Waals surface area contributed by atoms with Gasteiger partial charge < -0.3 is 9.63 Å². The Morgan fingerprint density at radius 1 is 1.45 bits per heavy atom. The summed E-state index contributed by atoms with van der Waals surface area (Å²) < 4.78 is 22.9. The predicted molar refractivity (Wildman–Crippen MR) is 83.9 cm³/mol. The van der Waals surface area contributed by atoms with Crippen molar-refractivity contribution in [3.63, 3.8) is 0 Å². The molecule has 2 aromatic rings.